The van der Waals surface area contributed by atoms with Gasteiger partial charge in [0.2, 0.25) is 0 Å². The minimum atomic E-state index is -0.660. The number of ether oxygens (including phenoxy) is 2. The van der Waals surface area contributed by atoms with Crippen molar-refractivity contribution in [3.63, 3.8) is 0 Å². The van der Waals surface area contributed by atoms with E-state index in [2.05, 4.69) is 9.98 Å². The summed E-state index contributed by atoms with van der Waals surface area (Å²) in [6.07, 6.45) is 2.24. The van der Waals surface area contributed by atoms with Gasteiger partial charge in [-0.25, -0.2) is 4.99 Å². The third kappa shape index (κ3) is 4.90. The van der Waals surface area contributed by atoms with Gasteiger partial charge in [-0.3, -0.25) is 10.2 Å². The number of carbonyl (C=O) groups excluding carboxylic acids is 1. The number of hydrogen-bond donors (Lipinski definition) is 4. The van der Waals surface area contributed by atoms with Crippen molar-refractivity contribution < 1.29 is 14.3 Å². The Morgan fingerprint density at radius 1 is 1.52 bits per heavy atom. The van der Waals surface area contributed by atoms with Crippen LogP contribution in [0.3, 0.4) is 0 Å². The SMILES string of the molecule is CC(C)(C)C(N)C(=O)OCC1CCC(c2ccc(/C(N)=N\C=N)[nH]2)O1. The molecule has 1 fully saturated rings. The summed E-state index contributed by atoms with van der Waals surface area (Å²) in [4.78, 5) is 18.9. The first-order chi connectivity index (χ1) is 11.7. The van der Waals surface area contributed by atoms with Crippen molar-refractivity contribution in [2.45, 2.75) is 51.9 Å². The number of carbonyl (C=O) groups is 1. The van der Waals surface area contributed by atoms with E-state index in [0.717, 1.165) is 24.9 Å². The maximum atomic E-state index is 12.0. The lowest BCUT2D eigenvalue weighted by Crippen LogP contribution is -2.44. The molecule has 0 bridgehead atoms. The summed E-state index contributed by atoms with van der Waals surface area (Å²) < 4.78 is 11.3. The van der Waals surface area contributed by atoms with E-state index in [1.807, 2.05) is 26.8 Å². The number of rotatable bonds is 6. The van der Waals surface area contributed by atoms with E-state index in [1.54, 1.807) is 6.07 Å². The van der Waals surface area contributed by atoms with Gasteiger partial charge in [0.25, 0.3) is 0 Å². The summed E-state index contributed by atoms with van der Waals surface area (Å²) in [6.45, 7) is 5.90. The van der Waals surface area contributed by atoms with Crippen LogP contribution in [0.2, 0.25) is 0 Å². The van der Waals surface area contributed by atoms with Gasteiger partial charge in [-0.1, -0.05) is 20.8 Å². The van der Waals surface area contributed by atoms with Crippen LogP contribution >= 0.6 is 0 Å². The number of aliphatic imine (C=N–C) groups is 1. The second kappa shape index (κ2) is 7.79. The molecule has 1 aromatic rings. The molecule has 8 heteroatoms. The Morgan fingerprint density at radius 3 is 2.88 bits per heavy atom. The van der Waals surface area contributed by atoms with Gasteiger partial charge in [0, 0.05) is 5.69 Å². The van der Waals surface area contributed by atoms with Crippen molar-refractivity contribution >= 4 is 18.1 Å². The van der Waals surface area contributed by atoms with Crippen molar-refractivity contribution in [3.8, 4) is 0 Å². The molecule has 0 aliphatic carbocycles. The predicted molar refractivity (Wildman–Crippen MR) is 95.5 cm³/mol. The quantitative estimate of drug-likeness (QED) is 0.350. The molecule has 0 saturated carbocycles. The second-order valence-corrected chi connectivity index (χ2v) is 7.27. The highest BCUT2D eigenvalue weighted by molar-refractivity contribution is 5.99. The fraction of sp³-hybridized carbons (Fsp3) is 0.588. The number of H-pyrrole nitrogens is 1. The van der Waals surface area contributed by atoms with E-state index < -0.39 is 12.0 Å². The smallest absolute Gasteiger partial charge is 0.323 e. The van der Waals surface area contributed by atoms with Crippen LogP contribution in [-0.4, -0.2) is 41.9 Å². The van der Waals surface area contributed by atoms with Crippen molar-refractivity contribution in [1.82, 2.24) is 4.98 Å². The summed E-state index contributed by atoms with van der Waals surface area (Å²) in [5, 5.41) is 6.95. The van der Waals surface area contributed by atoms with Gasteiger partial charge >= 0.3 is 5.97 Å². The van der Waals surface area contributed by atoms with E-state index in [4.69, 9.17) is 26.4 Å². The zero-order valence-electron chi connectivity index (χ0n) is 14.9. The average Bonchev–Trinajstić information content (AvgIpc) is 3.20. The van der Waals surface area contributed by atoms with Crippen LogP contribution in [0.5, 0.6) is 0 Å². The van der Waals surface area contributed by atoms with Crippen molar-refractivity contribution in [2.75, 3.05) is 6.61 Å². The highest BCUT2D eigenvalue weighted by Crippen LogP contribution is 2.32. The maximum absolute atomic E-state index is 12.0. The molecule has 2 heterocycles. The average molecular weight is 349 g/mol. The molecule has 0 radical (unpaired) electrons. The number of amidine groups is 1. The van der Waals surface area contributed by atoms with Crippen LogP contribution in [0.4, 0.5) is 0 Å². The van der Waals surface area contributed by atoms with Gasteiger partial charge in [-0.2, -0.15) is 0 Å². The highest BCUT2D eigenvalue weighted by atomic mass is 16.6. The summed E-state index contributed by atoms with van der Waals surface area (Å²) in [6, 6.07) is 3.03. The largest absolute Gasteiger partial charge is 0.462 e. The Bertz CT molecular complexity index is 647. The molecule has 0 aromatic carbocycles. The van der Waals surface area contributed by atoms with Gasteiger partial charge in [0.1, 0.15) is 24.8 Å². The van der Waals surface area contributed by atoms with Gasteiger partial charge < -0.3 is 25.9 Å². The molecule has 3 atom stereocenters. The topological polar surface area (TPSA) is 140 Å². The van der Waals surface area contributed by atoms with Gasteiger partial charge in [0.15, 0.2) is 0 Å². The molecule has 0 amide bonds. The Labute approximate surface area is 147 Å². The molecular formula is C17H27N5O3. The molecule has 1 aromatic heterocycles. The van der Waals surface area contributed by atoms with E-state index in [1.165, 1.54) is 0 Å². The monoisotopic (exact) mass is 349 g/mol. The number of aromatic amines is 1. The first kappa shape index (κ1) is 19.1. The minimum Gasteiger partial charge on any atom is -0.462 e. The first-order valence-electron chi connectivity index (χ1n) is 8.31. The third-order valence-corrected chi connectivity index (χ3v) is 4.24. The fourth-order valence-electron chi connectivity index (χ4n) is 2.56. The van der Waals surface area contributed by atoms with Crippen LogP contribution in [0.15, 0.2) is 17.1 Å². The summed E-state index contributed by atoms with van der Waals surface area (Å²) >= 11 is 0. The number of nitrogens with two attached hydrogens (primary N) is 2. The van der Waals surface area contributed by atoms with Crippen molar-refractivity contribution in [2.24, 2.45) is 21.9 Å². The Balaban J connectivity index is 1.87. The Hall–Kier alpha value is -2.19. The fourth-order valence-corrected chi connectivity index (χ4v) is 2.56. The van der Waals surface area contributed by atoms with Gasteiger partial charge in [-0.05, 0) is 30.4 Å². The molecule has 25 heavy (non-hydrogen) atoms. The molecular weight excluding hydrogens is 322 g/mol. The molecule has 1 saturated heterocycles. The number of hydrogen-bond acceptors (Lipinski definition) is 5. The van der Waals surface area contributed by atoms with Crippen molar-refractivity contribution in [3.05, 3.63) is 23.5 Å². The molecule has 0 spiro atoms. The predicted octanol–water partition coefficient (Wildman–Crippen LogP) is 1.46. The van der Waals surface area contributed by atoms with Crippen LogP contribution in [-0.2, 0) is 14.3 Å². The standard InChI is InChI=1S/C17H27N5O3/c1-17(2,3)14(19)16(23)24-8-10-4-7-13(25-10)11-5-6-12(22-11)15(20)21-9-18/h5-6,9-10,13-14,22H,4,7-8,19H2,1-3H3,(H3,18,20,21). The lowest BCUT2D eigenvalue weighted by molar-refractivity contribution is -0.151. The summed E-state index contributed by atoms with van der Waals surface area (Å²) in [7, 11) is 0. The Kier molecular flexibility index (Phi) is 5.97. The zero-order valence-corrected chi connectivity index (χ0v) is 14.9. The number of nitrogens with one attached hydrogen (secondary N) is 2. The highest BCUT2D eigenvalue weighted by Gasteiger charge is 2.32. The molecule has 1 aliphatic heterocycles. The van der Waals surface area contributed by atoms with Crippen LogP contribution < -0.4 is 11.5 Å². The summed E-state index contributed by atoms with van der Waals surface area (Å²) in [5.41, 5.74) is 12.8. The van der Waals surface area contributed by atoms with E-state index in [-0.39, 0.29) is 30.1 Å². The molecule has 1 aliphatic rings. The molecule has 6 N–H and O–H groups in total. The van der Waals surface area contributed by atoms with Gasteiger partial charge in [0.05, 0.1) is 17.9 Å². The Morgan fingerprint density at radius 2 is 2.24 bits per heavy atom. The van der Waals surface area contributed by atoms with Crippen LogP contribution in [0.1, 0.15) is 51.1 Å². The third-order valence-electron chi connectivity index (χ3n) is 4.24. The van der Waals surface area contributed by atoms with Crippen LogP contribution in [0.25, 0.3) is 0 Å². The summed E-state index contributed by atoms with van der Waals surface area (Å²) in [5.74, 6) is -0.154. The lowest BCUT2D eigenvalue weighted by Gasteiger charge is -2.25. The van der Waals surface area contributed by atoms with E-state index in [0.29, 0.717) is 5.69 Å². The van der Waals surface area contributed by atoms with E-state index in [9.17, 15) is 4.79 Å². The number of aromatic nitrogens is 1. The molecule has 8 nitrogen and oxygen atoms in total. The zero-order chi connectivity index (χ0) is 18.6. The molecule has 2 rings (SSSR count). The normalized spacial score (nSPS) is 22.6. The van der Waals surface area contributed by atoms with Crippen molar-refractivity contribution in [1.29, 1.82) is 5.41 Å². The molecule has 3 unspecified atom stereocenters. The lowest BCUT2D eigenvalue weighted by atomic mass is 9.87. The number of nitrogens with zero attached hydrogens (tertiary/aromatic N) is 1. The maximum Gasteiger partial charge on any atom is 0.323 e. The van der Waals surface area contributed by atoms with Gasteiger partial charge in [-0.15, -0.1) is 0 Å². The van der Waals surface area contributed by atoms with E-state index >= 15 is 0 Å². The first-order valence-corrected chi connectivity index (χ1v) is 8.31. The second-order valence-electron chi connectivity index (χ2n) is 7.27. The molecule has 138 valence electrons. The minimum absolute atomic E-state index is 0.110. The number of esters is 1. The van der Waals surface area contributed by atoms with Crippen LogP contribution in [0, 0.1) is 10.8 Å².